The zero-order valence-corrected chi connectivity index (χ0v) is 10.9. The van der Waals surface area contributed by atoms with Gasteiger partial charge in [0.05, 0.1) is 0 Å². The van der Waals surface area contributed by atoms with Crippen LogP contribution in [0.1, 0.15) is 47.5 Å². The molecule has 15 heavy (non-hydrogen) atoms. The van der Waals surface area contributed by atoms with E-state index in [1.54, 1.807) is 0 Å². The third kappa shape index (κ3) is 8.04. The molecule has 0 aliphatic rings. The van der Waals surface area contributed by atoms with Gasteiger partial charge in [0.25, 0.3) is 0 Å². The lowest BCUT2D eigenvalue weighted by Gasteiger charge is -2.24. The van der Waals surface area contributed by atoms with Crippen LogP contribution in [-0.2, 0) is 0 Å². The van der Waals surface area contributed by atoms with Gasteiger partial charge in [-0.05, 0) is 39.7 Å². The van der Waals surface area contributed by atoms with Crippen molar-refractivity contribution < 1.29 is 0 Å². The van der Waals surface area contributed by atoms with Gasteiger partial charge in [-0.3, -0.25) is 0 Å². The standard InChI is InChI=1S/C14H25N/c1-7-9-13(10-8-2)11-12(3)15-14(4,5)6/h7,9-10,15H,3,8,11H2,1-2,4-6H3/b9-7-,13-10+. The first-order valence-corrected chi connectivity index (χ1v) is 5.66. The quantitative estimate of drug-likeness (QED) is 0.666. The third-order valence-corrected chi connectivity index (χ3v) is 1.82. The largest absolute Gasteiger partial charge is 0.384 e. The molecule has 1 nitrogen and oxygen atoms in total. The third-order valence-electron chi connectivity index (χ3n) is 1.82. The molecule has 0 spiro atoms. The molecule has 0 heterocycles. The molecule has 0 aromatic rings. The lowest BCUT2D eigenvalue weighted by Crippen LogP contribution is -2.34. The molecule has 0 saturated carbocycles. The molecule has 0 aliphatic heterocycles. The van der Waals surface area contributed by atoms with Crippen LogP contribution >= 0.6 is 0 Å². The highest BCUT2D eigenvalue weighted by molar-refractivity contribution is 5.23. The van der Waals surface area contributed by atoms with Crippen LogP contribution in [0, 0.1) is 0 Å². The van der Waals surface area contributed by atoms with Gasteiger partial charge in [0, 0.05) is 17.7 Å². The fourth-order valence-corrected chi connectivity index (χ4v) is 1.50. The molecule has 0 aliphatic carbocycles. The Balaban J connectivity index is 4.31. The highest BCUT2D eigenvalue weighted by atomic mass is 15.0. The second kappa shape index (κ2) is 6.49. The van der Waals surface area contributed by atoms with Gasteiger partial charge < -0.3 is 5.32 Å². The number of hydrogen-bond acceptors (Lipinski definition) is 1. The van der Waals surface area contributed by atoms with Crippen molar-refractivity contribution in [2.75, 3.05) is 0 Å². The van der Waals surface area contributed by atoms with E-state index < -0.39 is 0 Å². The summed E-state index contributed by atoms with van der Waals surface area (Å²) in [5.74, 6) is 0. The average Bonchev–Trinajstić information content (AvgIpc) is 2.00. The topological polar surface area (TPSA) is 12.0 Å². The first kappa shape index (κ1) is 14.0. The number of allylic oxidation sites excluding steroid dienone is 4. The van der Waals surface area contributed by atoms with Gasteiger partial charge in [-0.2, -0.15) is 0 Å². The number of rotatable bonds is 5. The Morgan fingerprint density at radius 2 is 1.93 bits per heavy atom. The van der Waals surface area contributed by atoms with Crippen LogP contribution in [0.15, 0.2) is 36.1 Å². The molecule has 0 saturated heterocycles. The number of hydrogen-bond donors (Lipinski definition) is 1. The fourth-order valence-electron chi connectivity index (χ4n) is 1.50. The second-order valence-electron chi connectivity index (χ2n) is 4.84. The lowest BCUT2D eigenvalue weighted by molar-refractivity contribution is 0.469. The normalized spacial score (nSPS) is 13.3. The molecule has 0 atom stereocenters. The summed E-state index contributed by atoms with van der Waals surface area (Å²) in [7, 11) is 0. The minimum Gasteiger partial charge on any atom is -0.384 e. The molecule has 0 unspecified atom stereocenters. The van der Waals surface area contributed by atoms with Gasteiger partial charge in [0.15, 0.2) is 0 Å². The van der Waals surface area contributed by atoms with Gasteiger partial charge in [-0.1, -0.05) is 31.7 Å². The van der Waals surface area contributed by atoms with E-state index in [1.165, 1.54) is 5.57 Å². The van der Waals surface area contributed by atoms with E-state index in [0.717, 1.165) is 18.5 Å². The molecule has 1 N–H and O–H groups in total. The predicted octanol–water partition coefficient (Wildman–Crippen LogP) is 4.19. The van der Waals surface area contributed by atoms with Gasteiger partial charge >= 0.3 is 0 Å². The Hall–Kier alpha value is -0.980. The molecule has 0 aromatic carbocycles. The van der Waals surface area contributed by atoms with Crippen LogP contribution in [0.2, 0.25) is 0 Å². The smallest absolute Gasteiger partial charge is 0.0286 e. The highest BCUT2D eigenvalue weighted by Crippen LogP contribution is 2.13. The minimum atomic E-state index is 0.102. The summed E-state index contributed by atoms with van der Waals surface area (Å²) in [5.41, 5.74) is 2.52. The van der Waals surface area contributed by atoms with Gasteiger partial charge in [0.1, 0.15) is 0 Å². The fraction of sp³-hybridized carbons (Fsp3) is 0.571. The van der Waals surface area contributed by atoms with Crippen LogP contribution in [0.25, 0.3) is 0 Å². The maximum atomic E-state index is 4.06. The van der Waals surface area contributed by atoms with Crippen LogP contribution in [0.4, 0.5) is 0 Å². The van der Waals surface area contributed by atoms with Crippen LogP contribution in [0.3, 0.4) is 0 Å². The van der Waals surface area contributed by atoms with Crippen molar-refractivity contribution in [1.82, 2.24) is 5.32 Å². The zero-order chi connectivity index (χ0) is 11.9. The zero-order valence-electron chi connectivity index (χ0n) is 10.9. The summed E-state index contributed by atoms with van der Waals surface area (Å²) in [6.45, 7) is 14.7. The molecule has 0 radical (unpaired) electrons. The molecule has 0 amide bonds. The monoisotopic (exact) mass is 207 g/mol. The first-order valence-electron chi connectivity index (χ1n) is 5.66. The maximum Gasteiger partial charge on any atom is 0.0286 e. The Morgan fingerprint density at radius 1 is 1.33 bits per heavy atom. The van der Waals surface area contributed by atoms with Crippen LogP contribution in [0.5, 0.6) is 0 Å². The molecule has 86 valence electrons. The van der Waals surface area contributed by atoms with Crippen LogP contribution < -0.4 is 5.32 Å². The number of nitrogens with one attached hydrogen (secondary N) is 1. The summed E-state index contributed by atoms with van der Waals surface area (Å²) in [5, 5.41) is 3.40. The van der Waals surface area contributed by atoms with Crippen molar-refractivity contribution >= 4 is 0 Å². The summed E-state index contributed by atoms with van der Waals surface area (Å²) in [6.07, 6.45) is 8.46. The molecular weight excluding hydrogens is 182 g/mol. The van der Waals surface area contributed by atoms with Crippen molar-refractivity contribution in [2.45, 2.75) is 53.0 Å². The molecule has 0 aromatic heterocycles. The Labute approximate surface area is 95.0 Å². The Bertz CT molecular complexity index is 251. The van der Waals surface area contributed by atoms with E-state index in [2.05, 4.69) is 57.8 Å². The molecule has 0 rings (SSSR count). The highest BCUT2D eigenvalue weighted by Gasteiger charge is 2.09. The van der Waals surface area contributed by atoms with Gasteiger partial charge in [-0.15, -0.1) is 0 Å². The van der Waals surface area contributed by atoms with Crippen LogP contribution in [-0.4, -0.2) is 5.54 Å². The Kier molecular flexibility index (Phi) is 6.07. The van der Waals surface area contributed by atoms with E-state index in [0.29, 0.717) is 0 Å². The second-order valence-corrected chi connectivity index (χ2v) is 4.84. The minimum absolute atomic E-state index is 0.102. The van der Waals surface area contributed by atoms with Gasteiger partial charge in [-0.25, -0.2) is 0 Å². The van der Waals surface area contributed by atoms with E-state index in [-0.39, 0.29) is 5.54 Å². The van der Waals surface area contributed by atoms with Crippen molar-refractivity contribution in [1.29, 1.82) is 0 Å². The summed E-state index contributed by atoms with van der Waals surface area (Å²) < 4.78 is 0. The van der Waals surface area contributed by atoms with Crippen molar-refractivity contribution in [3.05, 3.63) is 36.1 Å². The molecule has 0 fully saturated rings. The SMILES string of the molecule is C=C(CC(/C=C\C)=C/CC)NC(C)(C)C. The lowest BCUT2D eigenvalue weighted by atomic mass is 10.1. The van der Waals surface area contributed by atoms with E-state index in [1.807, 2.05) is 6.92 Å². The van der Waals surface area contributed by atoms with E-state index >= 15 is 0 Å². The molecule has 0 bridgehead atoms. The van der Waals surface area contributed by atoms with E-state index in [4.69, 9.17) is 0 Å². The van der Waals surface area contributed by atoms with E-state index in [9.17, 15) is 0 Å². The average molecular weight is 207 g/mol. The van der Waals surface area contributed by atoms with Crippen molar-refractivity contribution in [3.8, 4) is 0 Å². The predicted molar refractivity (Wildman–Crippen MR) is 69.8 cm³/mol. The molecular formula is C14H25N. The summed E-state index contributed by atoms with van der Waals surface area (Å²) >= 11 is 0. The van der Waals surface area contributed by atoms with Crippen molar-refractivity contribution in [3.63, 3.8) is 0 Å². The van der Waals surface area contributed by atoms with Crippen molar-refractivity contribution in [2.24, 2.45) is 0 Å². The van der Waals surface area contributed by atoms with Gasteiger partial charge in [0.2, 0.25) is 0 Å². The summed E-state index contributed by atoms with van der Waals surface area (Å²) in [4.78, 5) is 0. The summed E-state index contributed by atoms with van der Waals surface area (Å²) in [6, 6.07) is 0. The molecule has 1 heteroatoms. The maximum absolute atomic E-state index is 4.06. The Morgan fingerprint density at radius 3 is 2.33 bits per heavy atom. The first-order chi connectivity index (χ1) is 6.89.